The molecule has 27 heavy (non-hydrogen) atoms. The highest BCUT2D eigenvalue weighted by Gasteiger charge is 2.26. The summed E-state index contributed by atoms with van der Waals surface area (Å²) >= 11 is 0. The maximum absolute atomic E-state index is 12.9. The zero-order chi connectivity index (χ0) is 19.2. The van der Waals surface area contributed by atoms with Crippen LogP contribution in [0.15, 0.2) is 6.07 Å². The number of aromatic nitrogens is 2. The number of ether oxygens (including phenoxy) is 1. The first-order chi connectivity index (χ1) is 13.1. The molecule has 0 bridgehead atoms. The molecule has 1 aromatic rings. The van der Waals surface area contributed by atoms with Gasteiger partial charge in [0.05, 0.1) is 6.61 Å². The van der Waals surface area contributed by atoms with Gasteiger partial charge in [0.2, 0.25) is 0 Å². The van der Waals surface area contributed by atoms with E-state index in [-0.39, 0.29) is 12.0 Å². The van der Waals surface area contributed by atoms with Gasteiger partial charge in [0.15, 0.2) is 0 Å². The lowest BCUT2D eigenvalue weighted by Crippen LogP contribution is -2.50. The maximum atomic E-state index is 12.9. The number of carbonyl (C=O) groups excluding carboxylic acids is 2. The molecule has 1 aromatic heterocycles. The number of hydrogen-bond acceptors (Lipinski definition) is 6. The Morgan fingerprint density at radius 1 is 1.11 bits per heavy atom. The number of carbonyl (C=O) groups is 2. The molecule has 148 valence electrons. The number of nitrogens with zero attached hydrogens (tertiary/aromatic N) is 4. The molecular weight excluding hydrogens is 346 g/mol. The van der Waals surface area contributed by atoms with Crippen LogP contribution in [-0.2, 0) is 4.74 Å². The zero-order valence-corrected chi connectivity index (χ0v) is 16.2. The highest BCUT2D eigenvalue weighted by molar-refractivity contribution is 5.93. The van der Waals surface area contributed by atoms with E-state index in [9.17, 15) is 9.59 Å². The Balaban J connectivity index is 1.62. The van der Waals surface area contributed by atoms with Gasteiger partial charge in [-0.3, -0.25) is 4.79 Å². The standard InChI is InChI=1S/C19H29N5O3/c1-3-27-19(26)24-11-9-23(10-12-24)18(25)16-13-17(21-14(2)20-16)22-15-7-5-4-6-8-15/h13,15H,3-12H2,1-2H3,(H,20,21,22). The average Bonchev–Trinajstić information content (AvgIpc) is 2.68. The average molecular weight is 375 g/mol. The molecule has 0 atom stereocenters. The fourth-order valence-corrected chi connectivity index (χ4v) is 3.68. The van der Waals surface area contributed by atoms with Crippen LogP contribution >= 0.6 is 0 Å². The predicted molar refractivity (Wildman–Crippen MR) is 102 cm³/mol. The second kappa shape index (κ2) is 9.01. The van der Waals surface area contributed by atoms with Gasteiger partial charge in [0.1, 0.15) is 17.3 Å². The molecule has 2 amide bonds. The highest BCUT2D eigenvalue weighted by atomic mass is 16.6. The van der Waals surface area contributed by atoms with Crippen LogP contribution in [0.2, 0.25) is 0 Å². The summed E-state index contributed by atoms with van der Waals surface area (Å²) in [5.41, 5.74) is 0.408. The summed E-state index contributed by atoms with van der Waals surface area (Å²) in [6.45, 7) is 5.85. The number of piperazine rings is 1. The van der Waals surface area contributed by atoms with Crippen molar-refractivity contribution in [3.8, 4) is 0 Å². The molecule has 1 N–H and O–H groups in total. The highest BCUT2D eigenvalue weighted by Crippen LogP contribution is 2.21. The number of rotatable bonds is 4. The lowest BCUT2D eigenvalue weighted by Gasteiger charge is -2.33. The van der Waals surface area contributed by atoms with E-state index in [0.717, 1.165) is 18.7 Å². The van der Waals surface area contributed by atoms with Crippen LogP contribution in [0.1, 0.15) is 55.3 Å². The molecule has 0 spiro atoms. The molecule has 8 heteroatoms. The van der Waals surface area contributed by atoms with Crippen LogP contribution in [0.4, 0.5) is 10.6 Å². The SMILES string of the molecule is CCOC(=O)N1CCN(C(=O)c2cc(NC3CCCCC3)nc(C)n2)CC1. The molecule has 0 radical (unpaired) electrons. The molecule has 0 unspecified atom stereocenters. The quantitative estimate of drug-likeness (QED) is 0.870. The molecule has 2 aliphatic rings. The number of aryl methyl sites for hydroxylation is 1. The Labute approximate surface area is 160 Å². The number of anilines is 1. The van der Waals surface area contributed by atoms with Crippen molar-refractivity contribution in [2.75, 3.05) is 38.1 Å². The van der Waals surface area contributed by atoms with Crippen molar-refractivity contribution in [3.63, 3.8) is 0 Å². The second-order valence-corrected chi connectivity index (χ2v) is 7.14. The maximum Gasteiger partial charge on any atom is 0.409 e. The zero-order valence-electron chi connectivity index (χ0n) is 16.2. The van der Waals surface area contributed by atoms with E-state index in [1.165, 1.54) is 19.3 Å². The second-order valence-electron chi connectivity index (χ2n) is 7.14. The molecule has 1 saturated carbocycles. The van der Waals surface area contributed by atoms with E-state index in [0.29, 0.717) is 50.3 Å². The Bertz CT molecular complexity index is 667. The lowest BCUT2D eigenvalue weighted by molar-refractivity contribution is 0.0565. The minimum atomic E-state index is -0.318. The molecular formula is C19H29N5O3. The molecule has 1 aliphatic carbocycles. The van der Waals surface area contributed by atoms with Crippen LogP contribution < -0.4 is 5.32 Å². The van der Waals surface area contributed by atoms with Crippen molar-refractivity contribution < 1.29 is 14.3 Å². The summed E-state index contributed by atoms with van der Waals surface area (Å²) < 4.78 is 5.02. The van der Waals surface area contributed by atoms with Crippen molar-refractivity contribution in [2.45, 2.75) is 52.0 Å². The van der Waals surface area contributed by atoms with Crippen molar-refractivity contribution >= 4 is 17.8 Å². The van der Waals surface area contributed by atoms with E-state index in [4.69, 9.17) is 4.74 Å². The Morgan fingerprint density at radius 3 is 2.44 bits per heavy atom. The summed E-state index contributed by atoms with van der Waals surface area (Å²) in [5, 5.41) is 3.46. The molecule has 3 rings (SSSR count). The number of nitrogens with one attached hydrogen (secondary N) is 1. The van der Waals surface area contributed by atoms with Gasteiger partial charge >= 0.3 is 6.09 Å². The van der Waals surface area contributed by atoms with Crippen LogP contribution in [0.3, 0.4) is 0 Å². The summed E-state index contributed by atoms with van der Waals surface area (Å²) in [6.07, 6.45) is 5.73. The predicted octanol–water partition coefficient (Wildman–Crippen LogP) is 2.44. The van der Waals surface area contributed by atoms with Crippen LogP contribution in [0.5, 0.6) is 0 Å². The molecule has 2 fully saturated rings. The van der Waals surface area contributed by atoms with Gasteiger partial charge in [-0.15, -0.1) is 0 Å². The lowest BCUT2D eigenvalue weighted by atomic mass is 9.95. The van der Waals surface area contributed by atoms with Gasteiger partial charge in [-0.05, 0) is 26.7 Å². The third-order valence-electron chi connectivity index (χ3n) is 5.11. The van der Waals surface area contributed by atoms with Gasteiger partial charge in [0, 0.05) is 38.3 Å². The van der Waals surface area contributed by atoms with Crippen LogP contribution in [0, 0.1) is 6.92 Å². The first-order valence-corrected chi connectivity index (χ1v) is 9.90. The van der Waals surface area contributed by atoms with Crippen LogP contribution in [0.25, 0.3) is 0 Å². The smallest absolute Gasteiger partial charge is 0.409 e. The Kier molecular flexibility index (Phi) is 6.47. The Hall–Kier alpha value is -2.38. The van der Waals surface area contributed by atoms with Crippen molar-refractivity contribution in [1.29, 1.82) is 0 Å². The molecule has 1 aliphatic heterocycles. The first kappa shape index (κ1) is 19.4. The minimum Gasteiger partial charge on any atom is -0.450 e. The topological polar surface area (TPSA) is 87.7 Å². The van der Waals surface area contributed by atoms with Crippen molar-refractivity contribution in [2.24, 2.45) is 0 Å². The summed E-state index contributed by atoms with van der Waals surface area (Å²) in [6, 6.07) is 2.17. The van der Waals surface area contributed by atoms with E-state index >= 15 is 0 Å². The van der Waals surface area contributed by atoms with E-state index in [1.807, 2.05) is 6.92 Å². The van der Waals surface area contributed by atoms with Gasteiger partial charge in [0.25, 0.3) is 5.91 Å². The molecule has 1 saturated heterocycles. The third-order valence-corrected chi connectivity index (χ3v) is 5.11. The first-order valence-electron chi connectivity index (χ1n) is 9.90. The minimum absolute atomic E-state index is 0.115. The number of amides is 2. The third kappa shape index (κ3) is 5.08. The molecule has 2 heterocycles. The summed E-state index contributed by atoms with van der Waals surface area (Å²) in [4.78, 5) is 36.8. The van der Waals surface area contributed by atoms with Gasteiger partial charge < -0.3 is 19.9 Å². The van der Waals surface area contributed by atoms with Crippen molar-refractivity contribution in [1.82, 2.24) is 19.8 Å². The molecule has 0 aromatic carbocycles. The Morgan fingerprint density at radius 2 is 1.78 bits per heavy atom. The fraction of sp³-hybridized carbons (Fsp3) is 0.684. The largest absolute Gasteiger partial charge is 0.450 e. The van der Waals surface area contributed by atoms with E-state index in [1.54, 1.807) is 22.8 Å². The van der Waals surface area contributed by atoms with Crippen LogP contribution in [-0.4, -0.2) is 70.6 Å². The fourth-order valence-electron chi connectivity index (χ4n) is 3.68. The van der Waals surface area contributed by atoms with Gasteiger partial charge in [-0.25, -0.2) is 14.8 Å². The van der Waals surface area contributed by atoms with E-state index in [2.05, 4.69) is 15.3 Å². The van der Waals surface area contributed by atoms with Gasteiger partial charge in [-0.2, -0.15) is 0 Å². The van der Waals surface area contributed by atoms with E-state index < -0.39 is 0 Å². The monoisotopic (exact) mass is 375 g/mol. The van der Waals surface area contributed by atoms with Crippen molar-refractivity contribution in [3.05, 3.63) is 17.6 Å². The molecule has 8 nitrogen and oxygen atoms in total. The summed E-state index contributed by atoms with van der Waals surface area (Å²) in [5.74, 6) is 1.20. The number of hydrogen-bond donors (Lipinski definition) is 1. The van der Waals surface area contributed by atoms with Gasteiger partial charge in [-0.1, -0.05) is 19.3 Å². The summed E-state index contributed by atoms with van der Waals surface area (Å²) in [7, 11) is 0. The normalized spacial score (nSPS) is 18.3.